The summed E-state index contributed by atoms with van der Waals surface area (Å²) in [5, 5.41) is 9.31. The number of nitrogens with zero attached hydrogens (tertiary/aromatic N) is 3. The third kappa shape index (κ3) is 4.39. The molecule has 0 bridgehead atoms. The molecule has 4 rings (SSSR count). The summed E-state index contributed by atoms with van der Waals surface area (Å²) in [7, 11) is 0. The average Bonchev–Trinajstić information content (AvgIpc) is 3.37. The van der Waals surface area contributed by atoms with Crippen molar-refractivity contribution < 1.29 is 19.1 Å². The summed E-state index contributed by atoms with van der Waals surface area (Å²) in [5.41, 5.74) is 1.56. The maximum Gasteiger partial charge on any atom is 0.314 e. The van der Waals surface area contributed by atoms with Gasteiger partial charge in [0, 0.05) is 24.4 Å². The number of carbonyl (C=O) groups excluding carboxylic acids is 2. The van der Waals surface area contributed by atoms with Crippen LogP contribution >= 0.6 is 0 Å². The Bertz CT molecular complexity index is 1220. The molecule has 160 valence electrons. The quantitative estimate of drug-likeness (QED) is 0.515. The number of carbonyl (C=O) groups is 2. The predicted octanol–water partition coefficient (Wildman–Crippen LogP) is 0.810. The van der Waals surface area contributed by atoms with Crippen molar-refractivity contribution in [3.63, 3.8) is 0 Å². The summed E-state index contributed by atoms with van der Waals surface area (Å²) in [6.45, 7) is 3.87. The Morgan fingerprint density at radius 1 is 1.16 bits per heavy atom. The molecule has 0 saturated carbocycles. The molecule has 3 heterocycles. The van der Waals surface area contributed by atoms with Gasteiger partial charge in [0.15, 0.2) is 11.5 Å². The van der Waals surface area contributed by atoms with E-state index in [1.165, 1.54) is 10.7 Å². The van der Waals surface area contributed by atoms with E-state index in [0.717, 1.165) is 5.56 Å². The lowest BCUT2D eigenvalue weighted by Gasteiger charge is -2.09. The number of aryl methyl sites for hydroxylation is 2. The lowest BCUT2D eigenvalue weighted by Crippen LogP contribution is -2.35. The van der Waals surface area contributed by atoms with Crippen molar-refractivity contribution in [2.75, 3.05) is 12.1 Å². The number of aromatic nitrogens is 4. The fraction of sp³-hybridized carbons (Fsp3) is 0.250. The largest absolute Gasteiger partial charge is 0.454 e. The van der Waals surface area contributed by atoms with Gasteiger partial charge in [0.25, 0.3) is 5.56 Å². The first-order valence-corrected chi connectivity index (χ1v) is 9.58. The summed E-state index contributed by atoms with van der Waals surface area (Å²) in [6.07, 6.45) is 0.557. The molecule has 11 nitrogen and oxygen atoms in total. The SMILES string of the molecule is CCc1cc(=O)[nH]c(-n2nc(C)cc2NC(=O)C(=O)NCc2ccc3c(c2)OCO3)n1. The number of benzene rings is 1. The Morgan fingerprint density at radius 2 is 1.97 bits per heavy atom. The molecule has 1 aromatic carbocycles. The van der Waals surface area contributed by atoms with Crippen LogP contribution in [0, 0.1) is 6.92 Å². The average molecular weight is 424 g/mol. The Morgan fingerprint density at radius 3 is 2.77 bits per heavy atom. The van der Waals surface area contributed by atoms with Gasteiger partial charge >= 0.3 is 11.8 Å². The third-order valence-electron chi connectivity index (χ3n) is 4.51. The van der Waals surface area contributed by atoms with Crippen LogP contribution in [0.5, 0.6) is 11.5 Å². The monoisotopic (exact) mass is 424 g/mol. The van der Waals surface area contributed by atoms with E-state index in [0.29, 0.717) is 29.3 Å². The van der Waals surface area contributed by atoms with E-state index in [2.05, 4.69) is 25.7 Å². The van der Waals surface area contributed by atoms with Gasteiger partial charge in [-0.05, 0) is 31.0 Å². The number of aromatic amines is 1. The van der Waals surface area contributed by atoms with E-state index in [-0.39, 0.29) is 30.7 Å². The highest BCUT2D eigenvalue weighted by molar-refractivity contribution is 6.39. The zero-order valence-electron chi connectivity index (χ0n) is 16.9. The molecule has 0 unspecified atom stereocenters. The standard InChI is InChI=1S/C20H20N6O5/c1-3-13-8-17(27)24-20(22-13)26-16(6-11(2)25-26)23-19(29)18(28)21-9-12-4-5-14-15(7-12)31-10-30-14/h4-8H,3,9-10H2,1-2H3,(H,21,28)(H,23,29)(H,22,24,27). The molecule has 0 radical (unpaired) electrons. The van der Waals surface area contributed by atoms with Crippen LogP contribution in [0.4, 0.5) is 5.82 Å². The number of H-pyrrole nitrogens is 1. The molecular formula is C20H20N6O5. The van der Waals surface area contributed by atoms with Crippen LogP contribution in [0.3, 0.4) is 0 Å². The van der Waals surface area contributed by atoms with Gasteiger partial charge in [-0.25, -0.2) is 4.98 Å². The Hall–Kier alpha value is -4.15. The minimum Gasteiger partial charge on any atom is -0.454 e. The summed E-state index contributed by atoms with van der Waals surface area (Å²) in [4.78, 5) is 43.5. The summed E-state index contributed by atoms with van der Waals surface area (Å²) < 4.78 is 11.8. The molecule has 0 aliphatic carbocycles. The Balaban J connectivity index is 1.45. The predicted molar refractivity (Wildman–Crippen MR) is 109 cm³/mol. The Labute approximate surface area is 176 Å². The maximum atomic E-state index is 12.4. The molecule has 31 heavy (non-hydrogen) atoms. The van der Waals surface area contributed by atoms with Crippen molar-refractivity contribution in [1.29, 1.82) is 0 Å². The summed E-state index contributed by atoms with van der Waals surface area (Å²) in [5.74, 6) is -0.130. The number of hydrogen-bond acceptors (Lipinski definition) is 7. The van der Waals surface area contributed by atoms with E-state index in [9.17, 15) is 14.4 Å². The fourth-order valence-corrected chi connectivity index (χ4v) is 3.01. The summed E-state index contributed by atoms with van der Waals surface area (Å²) in [6, 6.07) is 8.21. The molecule has 0 atom stereocenters. The van der Waals surface area contributed by atoms with Crippen LogP contribution in [0.15, 0.2) is 35.1 Å². The Kier molecular flexibility index (Phi) is 5.39. The molecule has 2 amide bonds. The van der Waals surface area contributed by atoms with Crippen molar-refractivity contribution in [1.82, 2.24) is 25.1 Å². The molecule has 2 aromatic heterocycles. The smallest absolute Gasteiger partial charge is 0.314 e. The second-order valence-corrected chi connectivity index (χ2v) is 6.82. The second kappa shape index (κ2) is 8.30. The van der Waals surface area contributed by atoms with Gasteiger partial charge < -0.3 is 20.1 Å². The van der Waals surface area contributed by atoms with Crippen LogP contribution in [0.2, 0.25) is 0 Å². The van der Waals surface area contributed by atoms with Crippen LogP contribution in [0.25, 0.3) is 5.95 Å². The number of nitrogens with one attached hydrogen (secondary N) is 3. The first-order chi connectivity index (χ1) is 14.9. The van der Waals surface area contributed by atoms with E-state index in [1.54, 1.807) is 31.2 Å². The van der Waals surface area contributed by atoms with Gasteiger partial charge in [0.2, 0.25) is 12.7 Å². The second-order valence-electron chi connectivity index (χ2n) is 6.82. The molecule has 1 aliphatic heterocycles. The zero-order valence-corrected chi connectivity index (χ0v) is 16.9. The molecule has 3 N–H and O–H groups in total. The highest BCUT2D eigenvalue weighted by atomic mass is 16.7. The van der Waals surface area contributed by atoms with Gasteiger partial charge in [0.05, 0.1) is 5.69 Å². The molecule has 3 aromatic rings. The van der Waals surface area contributed by atoms with E-state index < -0.39 is 11.8 Å². The first kappa shape index (κ1) is 20.1. The number of ether oxygens (including phenoxy) is 2. The summed E-state index contributed by atoms with van der Waals surface area (Å²) >= 11 is 0. The van der Waals surface area contributed by atoms with Gasteiger partial charge in [-0.2, -0.15) is 9.78 Å². The molecular weight excluding hydrogens is 404 g/mol. The highest BCUT2D eigenvalue weighted by Gasteiger charge is 2.19. The van der Waals surface area contributed by atoms with E-state index in [4.69, 9.17) is 9.47 Å². The number of fused-ring (bicyclic) bond motifs is 1. The normalized spacial score (nSPS) is 11.9. The van der Waals surface area contributed by atoms with Crippen LogP contribution < -0.4 is 25.7 Å². The number of rotatable bonds is 5. The van der Waals surface area contributed by atoms with Crippen LogP contribution in [0.1, 0.15) is 23.9 Å². The van der Waals surface area contributed by atoms with Gasteiger partial charge in [-0.3, -0.25) is 19.4 Å². The van der Waals surface area contributed by atoms with Gasteiger partial charge in [-0.15, -0.1) is 0 Å². The minimum atomic E-state index is -0.879. The molecule has 11 heteroatoms. The fourth-order valence-electron chi connectivity index (χ4n) is 3.01. The number of hydrogen-bond donors (Lipinski definition) is 3. The molecule has 0 fully saturated rings. The molecule has 1 aliphatic rings. The lowest BCUT2D eigenvalue weighted by molar-refractivity contribution is -0.136. The van der Waals surface area contributed by atoms with Crippen molar-refractivity contribution in [2.24, 2.45) is 0 Å². The van der Waals surface area contributed by atoms with E-state index in [1.807, 2.05) is 6.92 Å². The number of amides is 2. The highest BCUT2D eigenvalue weighted by Crippen LogP contribution is 2.32. The van der Waals surface area contributed by atoms with E-state index >= 15 is 0 Å². The molecule has 0 saturated heterocycles. The van der Waals surface area contributed by atoms with Gasteiger partial charge in [-0.1, -0.05) is 13.0 Å². The topological polar surface area (TPSA) is 140 Å². The maximum absolute atomic E-state index is 12.4. The lowest BCUT2D eigenvalue weighted by atomic mass is 10.2. The van der Waals surface area contributed by atoms with Crippen LogP contribution in [-0.2, 0) is 22.6 Å². The van der Waals surface area contributed by atoms with Crippen LogP contribution in [-0.4, -0.2) is 38.4 Å². The first-order valence-electron chi connectivity index (χ1n) is 9.58. The van der Waals surface area contributed by atoms with Gasteiger partial charge in [0.1, 0.15) is 5.82 Å². The minimum absolute atomic E-state index is 0.134. The number of anilines is 1. The molecule has 0 spiro atoms. The van der Waals surface area contributed by atoms with Crippen molar-refractivity contribution in [3.05, 3.63) is 57.6 Å². The van der Waals surface area contributed by atoms with Crippen molar-refractivity contribution in [2.45, 2.75) is 26.8 Å². The van der Waals surface area contributed by atoms with Crippen molar-refractivity contribution in [3.8, 4) is 17.4 Å². The van der Waals surface area contributed by atoms with Crippen molar-refractivity contribution >= 4 is 17.6 Å². The third-order valence-corrected chi connectivity index (χ3v) is 4.51. The zero-order chi connectivity index (χ0) is 22.0.